The molecule has 12 nitrogen and oxygen atoms in total. The Morgan fingerprint density at radius 2 is 0.838 bits per heavy atom. The first-order chi connectivity index (χ1) is 16.6. The van der Waals surface area contributed by atoms with Crippen LogP contribution in [0, 0.1) is 0 Å². The Morgan fingerprint density at radius 3 is 1.03 bits per heavy atom. The Bertz CT molecular complexity index is 960. The second kappa shape index (κ2) is 14.3. The van der Waals surface area contributed by atoms with Crippen LogP contribution in [0.2, 0.25) is 0 Å². The van der Waals surface area contributed by atoms with Gasteiger partial charge in [0.1, 0.15) is 23.0 Å². The predicted molar refractivity (Wildman–Crippen MR) is 139 cm³/mol. The van der Waals surface area contributed by atoms with Gasteiger partial charge in [-0.05, 0) is 76.9 Å². The number of rotatable bonds is 6. The van der Waals surface area contributed by atoms with Crippen molar-refractivity contribution in [2.45, 2.75) is 64.8 Å². The number of aromatic hydroxyl groups is 4. The molecule has 0 unspecified atom stereocenters. The van der Waals surface area contributed by atoms with E-state index in [2.05, 4.69) is 10.6 Å². The Balaban J connectivity index is 0.000000594. The van der Waals surface area contributed by atoms with E-state index in [9.17, 15) is 30.6 Å². The molecule has 2 aromatic carbocycles. The molecule has 0 saturated carbocycles. The van der Waals surface area contributed by atoms with Gasteiger partial charge in [-0.1, -0.05) is 0 Å². The van der Waals surface area contributed by atoms with Crippen LogP contribution in [0.3, 0.4) is 0 Å². The zero-order valence-electron chi connectivity index (χ0n) is 21.8. The summed E-state index contributed by atoms with van der Waals surface area (Å²) in [6.45, 7) is 12.7. The van der Waals surface area contributed by atoms with Crippen molar-refractivity contribution in [3.05, 3.63) is 47.5 Å². The Hall–Kier alpha value is -2.65. The highest BCUT2D eigenvalue weighted by atomic mass is 32.3. The average molecular weight is 549 g/mol. The van der Waals surface area contributed by atoms with Crippen LogP contribution in [0.25, 0.3) is 0 Å². The fourth-order valence-corrected chi connectivity index (χ4v) is 2.66. The number of phenols is 4. The summed E-state index contributed by atoms with van der Waals surface area (Å²) in [6, 6.07) is 8.22. The third-order valence-corrected chi connectivity index (χ3v) is 4.27. The fourth-order valence-electron chi connectivity index (χ4n) is 2.66. The molecule has 0 aliphatic heterocycles. The van der Waals surface area contributed by atoms with Crippen LogP contribution in [0.1, 0.15) is 64.9 Å². The molecule has 212 valence electrons. The zero-order valence-corrected chi connectivity index (χ0v) is 22.7. The summed E-state index contributed by atoms with van der Waals surface area (Å²) in [6.07, 6.45) is -1.51. The van der Waals surface area contributed by atoms with Gasteiger partial charge < -0.3 is 41.3 Å². The Kier molecular flexibility index (Phi) is 13.3. The normalized spacial score (nSPS) is 13.5. The molecule has 0 amide bonds. The lowest BCUT2D eigenvalue weighted by Gasteiger charge is -2.23. The summed E-state index contributed by atoms with van der Waals surface area (Å²) in [5.41, 5.74) is 0.822. The first kappa shape index (κ1) is 34.4. The topological polar surface area (TPSA) is 220 Å². The summed E-state index contributed by atoms with van der Waals surface area (Å²) in [5.74, 6) is -0.204. The number of phenolic OH excluding ortho intramolecular Hbond substituents is 4. The molecule has 0 spiro atoms. The Labute approximate surface area is 217 Å². The van der Waals surface area contributed by atoms with Gasteiger partial charge in [0.05, 0.1) is 12.2 Å². The minimum absolute atomic E-state index is 0.0511. The molecule has 13 heteroatoms. The second-order valence-electron chi connectivity index (χ2n) is 10.3. The minimum Gasteiger partial charge on any atom is -0.508 e. The molecule has 0 bridgehead atoms. The van der Waals surface area contributed by atoms with Crippen molar-refractivity contribution in [1.82, 2.24) is 10.6 Å². The van der Waals surface area contributed by atoms with Crippen LogP contribution in [0.5, 0.6) is 23.0 Å². The maximum atomic E-state index is 9.85. The van der Waals surface area contributed by atoms with Crippen molar-refractivity contribution in [1.29, 1.82) is 0 Å². The SMILES string of the molecule is CC(C)(C)NC[C@H](O)c1cc(O)cc(O)c1.CC(C)(C)NC[C@H](O)c1cc(O)cc(O)c1.O=S(=O)(O)O. The van der Waals surface area contributed by atoms with Crippen molar-refractivity contribution in [2.75, 3.05) is 13.1 Å². The highest BCUT2D eigenvalue weighted by Crippen LogP contribution is 2.25. The van der Waals surface area contributed by atoms with Crippen LogP contribution in [0.15, 0.2) is 36.4 Å². The lowest BCUT2D eigenvalue weighted by atomic mass is 10.1. The molecule has 0 heterocycles. The number of hydrogen-bond donors (Lipinski definition) is 10. The molecule has 0 saturated heterocycles. The van der Waals surface area contributed by atoms with Gasteiger partial charge in [-0.3, -0.25) is 9.11 Å². The minimum atomic E-state index is -4.67. The second-order valence-corrected chi connectivity index (χ2v) is 11.2. The summed E-state index contributed by atoms with van der Waals surface area (Å²) in [7, 11) is -4.67. The van der Waals surface area contributed by atoms with Crippen LogP contribution in [-0.4, -0.2) is 72.3 Å². The molecule has 0 aliphatic carbocycles. The smallest absolute Gasteiger partial charge is 0.394 e. The van der Waals surface area contributed by atoms with E-state index >= 15 is 0 Å². The number of nitrogens with one attached hydrogen (secondary N) is 2. The lowest BCUT2D eigenvalue weighted by Crippen LogP contribution is -2.38. The molecule has 2 rings (SSSR count). The van der Waals surface area contributed by atoms with Gasteiger partial charge >= 0.3 is 10.4 Å². The number of aliphatic hydroxyl groups excluding tert-OH is 2. The van der Waals surface area contributed by atoms with Gasteiger partial charge in [-0.2, -0.15) is 8.42 Å². The maximum Gasteiger partial charge on any atom is 0.394 e. The summed E-state index contributed by atoms with van der Waals surface area (Å²) >= 11 is 0. The van der Waals surface area contributed by atoms with Crippen molar-refractivity contribution in [3.63, 3.8) is 0 Å². The summed E-state index contributed by atoms with van der Waals surface area (Å²) in [5, 5.41) is 63.1. The third-order valence-electron chi connectivity index (χ3n) is 4.27. The standard InChI is InChI=1S/2C12H19NO3.H2O4S/c2*1-12(2,3)13-7-11(16)8-4-9(14)6-10(15)5-8;1-5(2,3)4/h2*4-6,11,13-16H,7H2,1-3H3;(H2,1,2,3,4)/t2*11-;/m00./s1. The van der Waals surface area contributed by atoms with E-state index in [1.165, 1.54) is 36.4 Å². The van der Waals surface area contributed by atoms with E-state index in [4.69, 9.17) is 17.5 Å². The zero-order chi connectivity index (χ0) is 29.2. The molecule has 10 N–H and O–H groups in total. The molecular formula is C24H40N2O10S. The molecule has 2 atom stereocenters. The fraction of sp³-hybridized carbons (Fsp3) is 0.500. The van der Waals surface area contributed by atoms with E-state index in [1.54, 1.807) is 0 Å². The molecular weight excluding hydrogens is 508 g/mol. The Morgan fingerprint density at radius 1 is 0.622 bits per heavy atom. The van der Waals surface area contributed by atoms with Gasteiger partial charge in [0.15, 0.2) is 0 Å². The molecule has 37 heavy (non-hydrogen) atoms. The highest BCUT2D eigenvalue weighted by Gasteiger charge is 2.15. The number of benzene rings is 2. The van der Waals surface area contributed by atoms with Crippen molar-refractivity contribution >= 4 is 10.4 Å². The lowest BCUT2D eigenvalue weighted by molar-refractivity contribution is 0.162. The average Bonchev–Trinajstić information content (AvgIpc) is 2.67. The van der Waals surface area contributed by atoms with E-state index in [1.807, 2.05) is 41.5 Å². The quantitative estimate of drug-likeness (QED) is 0.235. The van der Waals surface area contributed by atoms with E-state index in [0.29, 0.717) is 24.2 Å². The van der Waals surface area contributed by atoms with Crippen molar-refractivity contribution < 1.29 is 48.2 Å². The monoisotopic (exact) mass is 548 g/mol. The van der Waals surface area contributed by atoms with E-state index in [-0.39, 0.29) is 34.1 Å². The predicted octanol–water partition coefficient (Wildman–Crippen LogP) is 2.39. The first-order valence-corrected chi connectivity index (χ1v) is 12.6. The molecule has 0 fully saturated rings. The van der Waals surface area contributed by atoms with Crippen molar-refractivity contribution in [2.24, 2.45) is 0 Å². The largest absolute Gasteiger partial charge is 0.508 e. The van der Waals surface area contributed by atoms with Gasteiger partial charge in [-0.15, -0.1) is 0 Å². The van der Waals surface area contributed by atoms with Gasteiger partial charge in [0, 0.05) is 36.3 Å². The van der Waals surface area contributed by atoms with Gasteiger partial charge in [-0.25, -0.2) is 0 Å². The van der Waals surface area contributed by atoms with Gasteiger partial charge in [0.25, 0.3) is 0 Å². The molecule has 0 radical (unpaired) electrons. The number of β-amino-alcohol motifs (C(OH)–C–C–N with tert-alkyl or cyclic N) is 2. The summed E-state index contributed by atoms with van der Waals surface area (Å²) in [4.78, 5) is 0. The molecule has 0 aromatic heterocycles. The molecule has 0 aliphatic rings. The van der Waals surface area contributed by atoms with Crippen LogP contribution < -0.4 is 10.6 Å². The van der Waals surface area contributed by atoms with Crippen LogP contribution >= 0.6 is 0 Å². The highest BCUT2D eigenvalue weighted by molar-refractivity contribution is 7.79. The molecule has 2 aromatic rings. The maximum absolute atomic E-state index is 9.85. The number of aliphatic hydroxyl groups is 2. The summed E-state index contributed by atoms with van der Waals surface area (Å²) < 4.78 is 31.6. The van der Waals surface area contributed by atoms with Crippen LogP contribution in [-0.2, 0) is 10.4 Å². The van der Waals surface area contributed by atoms with Crippen LogP contribution in [0.4, 0.5) is 0 Å². The first-order valence-electron chi connectivity index (χ1n) is 11.2. The van der Waals surface area contributed by atoms with Gasteiger partial charge in [0.2, 0.25) is 0 Å². The van der Waals surface area contributed by atoms with E-state index in [0.717, 1.165) is 0 Å². The van der Waals surface area contributed by atoms with E-state index < -0.39 is 22.6 Å². The number of hydrogen-bond acceptors (Lipinski definition) is 10. The van der Waals surface area contributed by atoms with Crippen molar-refractivity contribution in [3.8, 4) is 23.0 Å². The third kappa shape index (κ3) is 19.2.